The van der Waals surface area contributed by atoms with Crippen molar-refractivity contribution in [1.82, 2.24) is 14.1 Å². The predicted molar refractivity (Wildman–Crippen MR) is 88.5 cm³/mol. The summed E-state index contributed by atoms with van der Waals surface area (Å²) in [7, 11) is 0. The fourth-order valence-corrected chi connectivity index (χ4v) is 2.58. The van der Waals surface area contributed by atoms with Gasteiger partial charge >= 0.3 is 5.69 Å². The molecule has 3 rings (SSSR count). The molecule has 0 aliphatic rings. The molecule has 122 valence electrons. The van der Waals surface area contributed by atoms with Gasteiger partial charge < -0.3 is 0 Å². The van der Waals surface area contributed by atoms with Gasteiger partial charge in [0.1, 0.15) is 0 Å². The van der Waals surface area contributed by atoms with Crippen LogP contribution >= 0.6 is 0 Å². The third-order valence-electron chi connectivity index (χ3n) is 3.64. The molecule has 0 unspecified atom stereocenters. The molecule has 24 heavy (non-hydrogen) atoms. The van der Waals surface area contributed by atoms with Gasteiger partial charge in [-0.2, -0.15) is 0 Å². The summed E-state index contributed by atoms with van der Waals surface area (Å²) in [4.78, 5) is 39.9. The summed E-state index contributed by atoms with van der Waals surface area (Å²) in [6.07, 6.45) is 2.08. The standard InChI is InChI=1S/C16H14N4O4/c1-2-9-18-15(21)13-7-4-8-17-14(13)19(16(18)22)11-5-3-6-12(10-11)20(23)24/h3-8,10H,2,9H2,1H3. The lowest BCUT2D eigenvalue weighted by Gasteiger charge is -2.12. The number of nitro groups is 1. The number of hydrogen-bond acceptors (Lipinski definition) is 5. The molecule has 0 bridgehead atoms. The molecule has 0 N–H and O–H groups in total. The lowest BCUT2D eigenvalue weighted by molar-refractivity contribution is -0.384. The topological polar surface area (TPSA) is 100 Å². The molecule has 2 aromatic heterocycles. The van der Waals surface area contributed by atoms with Crippen LogP contribution in [-0.2, 0) is 6.54 Å². The smallest absolute Gasteiger partial charge is 0.268 e. The number of aromatic nitrogens is 3. The Balaban J connectivity index is 2.43. The first-order chi connectivity index (χ1) is 11.5. The number of benzene rings is 1. The Labute approximate surface area is 135 Å². The van der Waals surface area contributed by atoms with Crippen molar-refractivity contribution in [3.05, 3.63) is 73.5 Å². The number of nitrogens with zero attached hydrogens (tertiary/aromatic N) is 4. The summed E-state index contributed by atoms with van der Waals surface area (Å²) < 4.78 is 2.36. The zero-order valence-electron chi connectivity index (χ0n) is 12.9. The quantitative estimate of drug-likeness (QED) is 0.538. The van der Waals surface area contributed by atoms with E-state index >= 15 is 0 Å². The lowest BCUT2D eigenvalue weighted by Crippen LogP contribution is -2.39. The fraction of sp³-hybridized carbons (Fsp3) is 0.188. The van der Waals surface area contributed by atoms with Crippen LogP contribution in [0.25, 0.3) is 16.7 Å². The maximum absolute atomic E-state index is 12.8. The molecule has 0 amide bonds. The number of nitro benzene ring substituents is 1. The van der Waals surface area contributed by atoms with Gasteiger partial charge in [0.2, 0.25) is 0 Å². The molecule has 0 fully saturated rings. The Kier molecular flexibility index (Phi) is 3.95. The SMILES string of the molecule is CCCn1c(=O)c2cccnc2n(-c2cccc([N+](=O)[O-])c2)c1=O. The molecule has 0 atom stereocenters. The highest BCUT2D eigenvalue weighted by molar-refractivity contribution is 5.75. The van der Waals surface area contributed by atoms with E-state index in [1.54, 1.807) is 18.2 Å². The van der Waals surface area contributed by atoms with Crippen molar-refractivity contribution in [3.63, 3.8) is 0 Å². The minimum atomic E-state index is -0.562. The highest BCUT2D eigenvalue weighted by Gasteiger charge is 2.16. The third kappa shape index (κ3) is 2.47. The normalized spacial score (nSPS) is 10.9. The molecule has 2 heterocycles. The molecular weight excluding hydrogens is 312 g/mol. The van der Waals surface area contributed by atoms with E-state index in [-0.39, 0.29) is 23.3 Å². The molecule has 3 aromatic rings. The van der Waals surface area contributed by atoms with Crippen LogP contribution in [0.2, 0.25) is 0 Å². The van der Waals surface area contributed by atoms with E-state index in [1.165, 1.54) is 29.0 Å². The van der Waals surface area contributed by atoms with Crippen LogP contribution in [0.3, 0.4) is 0 Å². The summed E-state index contributed by atoms with van der Waals surface area (Å²) in [5.41, 5.74) is -0.639. The third-order valence-corrected chi connectivity index (χ3v) is 3.64. The van der Waals surface area contributed by atoms with Crippen molar-refractivity contribution in [2.75, 3.05) is 0 Å². The second-order valence-electron chi connectivity index (χ2n) is 5.23. The highest BCUT2D eigenvalue weighted by Crippen LogP contribution is 2.17. The van der Waals surface area contributed by atoms with Gasteiger partial charge in [0.05, 0.1) is 16.0 Å². The van der Waals surface area contributed by atoms with Crippen molar-refractivity contribution in [3.8, 4) is 5.69 Å². The van der Waals surface area contributed by atoms with Crippen LogP contribution in [-0.4, -0.2) is 19.0 Å². The fourth-order valence-electron chi connectivity index (χ4n) is 2.58. The molecule has 0 spiro atoms. The second-order valence-corrected chi connectivity index (χ2v) is 5.23. The van der Waals surface area contributed by atoms with Crippen molar-refractivity contribution in [1.29, 1.82) is 0 Å². The van der Waals surface area contributed by atoms with Crippen LogP contribution in [0.15, 0.2) is 52.2 Å². The summed E-state index contributed by atoms with van der Waals surface area (Å²) >= 11 is 0. The average molecular weight is 326 g/mol. The molecule has 1 aromatic carbocycles. The van der Waals surface area contributed by atoms with Gasteiger partial charge in [-0.05, 0) is 24.6 Å². The first-order valence-corrected chi connectivity index (χ1v) is 7.40. The number of fused-ring (bicyclic) bond motifs is 1. The Morgan fingerprint density at radius 3 is 2.71 bits per heavy atom. The zero-order chi connectivity index (χ0) is 17.3. The Bertz CT molecular complexity index is 1050. The first kappa shape index (κ1) is 15.6. The Morgan fingerprint density at radius 2 is 2.00 bits per heavy atom. The lowest BCUT2D eigenvalue weighted by atomic mass is 10.2. The molecule has 0 saturated carbocycles. The van der Waals surface area contributed by atoms with Gasteiger partial charge in [-0.15, -0.1) is 0 Å². The molecule has 0 radical (unpaired) electrons. The summed E-state index contributed by atoms with van der Waals surface area (Å²) in [6.45, 7) is 2.12. The van der Waals surface area contributed by atoms with Gasteiger partial charge in [0.25, 0.3) is 11.2 Å². The van der Waals surface area contributed by atoms with Gasteiger partial charge in [0, 0.05) is 24.9 Å². The minimum Gasteiger partial charge on any atom is -0.268 e. The maximum atomic E-state index is 12.8. The number of hydrogen-bond donors (Lipinski definition) is 0. The molecule has 0 saturated heterocycles. The van der Waals surface area contributed by atoms with Crippen LogP contribution in [0.1, 0.15) is 13.3 Å². The van der Waals surface area contributed by atoms with Crippen LogP contribution in [0.5, 0.6) is 0 Å². The largest absolute Gasteiger partial charge is 0.337 e. The summed E-state index contributed by atoms with van der Waals surface area (Å²) in [5, 5.41) is 11.3. The van der Waals surface area contributed by atoms with E-state index in [2.05, 4.69) is 4.98 Å². The zero-order valence-corrected chi connectivity index (χ0v) is 12.9. The monoisotopic (exact) mass is 326 g/mol. The van der Waals surface area contributed by atoms with Crippen molar-refractivity contribution < 1.29 is 4.92 Å². The Hall–Kier alpha value is -3.29. The van der Waals surface area contributed by atoms with E-state index in [1.807, 2.05) is 6.92 Å². The van der Waals surface area contributed by atoms with Crippen LogP contribution in [0, 0.1) is 10.1 Å². The van der Waals surface area contributed by atoms with E-state index in [4.69, 9.17) is 0 Å². The highest BCUT2D eigenvalue weighted by atomic mass is 16.6. The van der Waals surface area contributed by atoms with E-state index in [9.17, 15) is 19.7 Å². The van der Waals surface area contributed by atoms with Crippen molar-refractivity contribution in [2.24, 2.45) is 0 Å². The van der Waals surface area contributed by atoms with Crippen LogP contribution < -0.4 is 11.2 Å². The number of pyridine rings is 1. The van der Waals surface area contributed by atoms with Crippen LogP contribution in [0.4, 0.5) is 5.69 Å². The second kappa shape index (κ2) is 6.07. The molecule has 0 aliphatic heterocycles. The Morgan fingerprint density at radius 1 is 1.21 bits per heavy atom. The van der Waals surface area contributed by atoms with E-state index in [0.29, 0.717) is 12.1 Å². The predicted octanol–water partition coefficient (Wildman–Crippen LogP) is 1.87. The molecule has 8 nitrogen and oxygen atoms in total. The molecular formula is C16H14N4O4. The van der Waals surface area contributed by atoms with Gasteiger partial charge in [-0.25, -0.2) is 14.3 Å². The van der Waals surface area contributed by atoms with Crippen molar-refractivity contribution >= 4 is 16.7 Å². The molecule has 0 aliphatic carbocycles. The van der Waals surface area contributed by atoms with Crippen molar-refractivity contribution in [2.45, 2.75) is 19.9 Å². The van der Waals surface area contributed by atoms with E-state index in [0.717, 1.165) is 4.57 Å². The van der Waals surface area contributed by atoms with Gasteiger partial charge in [-0.3, -0.25) is 19.5 Å². The van der Waals surface area contributed by atoms with Gasteiger partial charge in [-0.1, -0.05) is 13.0 Å². The molecule has 8 heteroatoms. The average Bonchev–Trinajstić information content (AvgIpc) is 2.59. The van der Waals surface area contributed by atoms with Gasteiger partial charge in [0.15, 0.2) is 5.65 Å². The summed E-state index contributed by atoms with van der Waals surface area (Å²) in [6, 6.07) is 8.89. The number of non-ortho nitro benzene ring substituents is 1. The summed E-state index contributed by atoms with van der Waals surface area (Å²) in [5.74, 6) is 0. The number of rotatable bonds is 4. The van der Waals surface area contributed by atoms with E-state index < -0.39 is 16.2 Å². The first-order valence-electron chi connectivity index (χ1n) is 7.40. The minimum absolute atomic E-state index is 0.142. The maximum Gasteiger partial charge on any atom is 0.337 e.